The maximum Gasteiger partial charge on any atom is 0.00965 e. The Balaban J connectivity index is 3.22. The first-order valence-corrected chi connectivity index (χ1v) is 7.50. The molecule has 0 heterocycles. The van der Waals surface area contributed by atoms with Crippen LogP contribution in [0.3, 0.4) is 0 Å². The molecule has 0 aliphatic heterocycles. The van der Waals surface area contributed by atoms with Crippen molar-refractivity contribution in [3.8, 4) is 0 Å². The normalized spacial score (nSPS) is 12.1. The molecule has 2 heteroatoms. The molecule has 108 valence electrons. The van der Waals surface area contributed by atoms with Gasteiger partial charge in [0.2, 0.25) is 0 Å². The third kappa shape index (κ3) is 13.7. The summed E-state index contributed by atoms with van der Waals surface area (Å²) in [6.45, 7) is 14.0. The van der Waals surface area contributed by atoms with Crippen LogP contribution in [0.4, 0.5) is 0 Å². The van der Waals surface area contributed by atoms with Gasteiger partial charge in [-0.15, -0.1) is 6.58 Å². The van der Waals surface area contributed by atoms with Gasteiger partial charge < -0.3 is 10.2 Å². The third-order valence-corrected chi connectivity index (χ3v) is 3.07. The summed E-state index contributed by atoms with van der Waals surface area (Å²) in [7, 11) is 2.23. The fourth-order valence-electron chi connectivity index (χ4n) is 1.94. The fraction of sp³-hybridized carbons (Fsp3) is 0.875. The first-order valence-electron chi connectivity index (χ1n) is 7.50. The van der Waals surface area contributed by atoms with Crippen molar-refractivity contribution < 1.29 is 0 Å². The molecule has 0 radical (unpaired) electrons. The van der Waals surface area contributed by atoms with E-state index >= 15 is 0 Å². The highest BCUT2D eigenvalue weighted by molar-refractivity contribution is 4.69. The summed E-state index contributed by atoms with van der Waals surface area (Å²) >= 11 is 0. The van der Waals surface area contributed by atoms with E-state index in [2.05, 4.69) is 44.6 Å². The maximum atomic E-state index is 3.75. The topological polar surface area (TPSA) is 15.3 Å². The molecule has 0 aromatic rings. The van der Waals surface area contributed by atoms with Crippen molar-refractivity contribution in [3.05, 3.63) is 12.7 Å². The van der Waals surface area contributed by atoms with Gasteiger partial charge in [-0.1, -0.05) is 18.9 Å². The smallest absolute Gasteiger partial charge is 0.00965 e. The number of hydrogen-bond donors (Lipinski definition) is 1. The predicted molar refractivity (Wildman–Crippen MR) is 83.2 cm³/mol. The average Bonchev–Trinajstić information content (AvgIpc) is 2.26. The molecular formula is C16H34N2. The molecule has 0 atom stereocenters. The van der Waals surface area contributed by atoms with Crippen LogP contribution in [0.2, 0.25) is 0 Å². The van der Waals surface area contributed by atoms with Crippen LogP contribution in [-0.2, 0) is 0 Å². The van der Waals surface area contributed by atoms with Crippen LogP contribution in [-0.4, -0.2) is 37.1 Å². The van der Waals surface area contributed by atoms with Crippen LogP contribution in [0.25, 0.3) is 0 Å². The molecule has 0 bridgehead atoms. The minimum atomic E-state index is 0.269. The van der Waals surface area contributed by atoms with Crippen molar-refractivity contribution >= 4 is 0 Å². The molecule has 2 nitrogen and oxygen atoms in total. The molecule has 0 fully saturated rings. The lowest BCUT2D eigenvalue weighted by atomic mass is 10.1. The maximum absolute atomic E-state index is 3.75. The van der Waals surface area contributed by atoms with Crippen molar-refractivity contribution in [3.63, 3.8) is 0 Å². The molecule has 0 saturated heterocycles. The second-order valence-corrected chi connectivity index (χ2v) is 6.33. The van der Waals surface area contributed by atoms with Gasteiger partial charge in [0, 0.05) is 5.54 Å². The Morgan fingerprint density at radius 1 is 1.00 bits per heavy atom. The van der Waals surface area contributed by atoms with Crippen LogP contribution in [0, 0.1) is 0 Å². The Labute approximate surface area is 115 Å². The molecule has 0 rings (SSSR count). The van der Waals surface area contributed by atoms with E-state index in [4.69, 9.17) is 0 Å². The Morgan fingerprint density at radius 2 is 1.61 bits per heavy atom. The van der Waals surface area contributed by atoms with Crippen molar-refractivity contribution in [1.82, 2.24) is 10.2 Å². The van der Waals surface area contributed by atoms with Crippen LogP contribution >= 0.6 is 0 Å². The van der Waals surface area contributed by atoms with E-state index in [0.29, 0.717) is 0 Å². The van der Waals surface area contributed by atoms with E-state index in [1.807, 2.05) is 6.08 Å². The van der Waals surface area contributed by atoms with Gasteiger partial charge in [0.1, 0.15) is 0 Å². The summed E-state index contributed by atoms with van der Waals surface area (Å²) in [4.78, 5) is 2.44. The fourth-order valence-corrected chi connectivity index (χ4v) is 1.94. The van der Waals surface area contributed by atoms with Crippen molar-refractivity contribution in [2.75, 3.05) is 26.7 Å². The minimum Gasteiger partial charge on any atom is -0.312 e. The molecule has 0 aliphatic carbocycles. The van der Waals surface area contributed by atoms with Gasteiger partial charge in [0.05, 0.1) is 0 Å². The van der Waals surface area contributed by atoms with E-state index in [0.717, 1.165) is 13.0 Å². The highest BCUT2D eigenvalue weighted by Gasteiger charge is 2.06. The third-order valence-electron chi connectivity index (χ3n) is 3.07. The molecule has 0 aromatic carbocycles. The van der Waals surface area contributed by atoms with Gasteiger partial charge in [-0.3, -0.25) is 0 Å². The molecule has 1 N–H and O–H groups in total. The number of allylic oxidation sites excluding steroid dienone is 1. The molecule has 0 saturated carbocycles. The van der Waals surface area contributed by atoms with Gasteiger partial charge >= 0.3 is 0 Å². The van der Waals surface area contributed by atoms with E-state index in [1.165, 1.54) is 45.2 Å². The van der Waals surface area contributed by atoms with Crippen molar-refractivity contribution in [1.29, 1.82) is 0 Å². The highest BCUT2D eigenvalue weighted by atomic mass is 15.1. The van der Waals surface area contributed by atoms with Crippen LogP contribution in [0.15, 0.2) is 12.7 Å². The van der Waals surface area contributed by atoms with E-state index in [-0.39, 0.29) is 5.54 Å². The van der Waals surface area contributed by atoms with Crippen LogP contribution < -0.4 is 5.32 Å². The number of unbranched alkanes of at least 4 members (excludes halogenated alkanes) is 4. The summed E-state index contributed by atoms with van der Waals surface area (Å²) in [5.41, 5.74) is 0.269. The summed E-state index contributed by atoms with van der Waals surface area (Å²) < 4.78 is 0. The lowest BCUT2D eigenvalue weighted by molar-refractivity contribution is 0.319. The summed E-state index contributed by atoms with van der Waals surface area (Å²) in [5, 5.41) is 3.54. The van der Waals surface area contributed by atoms with Gasteiger partial charge in [0.15, 0.2) is 0 Å². The largest absolute Gasteiger partial charge is 0.312 e. The number of nitrogens with one attached hydrogen (secondary N) is 1. The highest BCUT2D eigenvalue weighted by Crippen LogP contribution is 2.04. The lowest BCUT2D eigenvalue weighted by Crippen LogP contribution is -2.36. The van der Waals surface area contributed by atoms with Crippen LogP contribution in [0.1, 0.15) is 59.3 Å². The van der Waals surface area contributed by atoms with E-state index in [1.54, 1.807) is 0 Å². The van der Waals surface area contributed by atoms with Crippen molar-refractivity contribution in [2.24, 2.45) is 0 Å². The Hall–Kier alpha value is -0.340. The molecule has 0 aliphatic rings. The molecule has 0 spiro atoms. The number of nitrogens with zero attached hydrogens (tertiary/aromatic N) is 1. The van der Waals surface area contributed by atoms with E-state index in [9.17, 15) is 0 Å². The number of hydrogen-bond acceptors (Lipinski definition) is 2. The zero-order chi connectivity index (χ0) is 13.9. The zero-order valence-corrected chi connectivity index (χ0v) is 13.1. The molecule has 0 amide bonds. The zero-order valence-electron chi connectivity index (χ0n) is 13.1. The molecule has 0 unspecified atom stereocenters. The molecule has 18 heavy (non-hydrogen) atoms. The monoisotopic (exact) mass is 254 g/mol. The first-order chi connectivity index (χ1) is 8.45. The quantitative estimate of drug-likeness (QED) is 0.445. The second-order valence-electron chi connectivity index (χ2n) is 6.33. The summed E-state index contributed by atoms with van der Waals surface area (Å²) in [6, 6.07) is 0. The standard InChI is InChI=1S/C16H34N2/c1-6-7-11-14-18(5)15-12-9-8-10-13-17-16(2,3)4/h6,17H,1,7-15H2,2-5H3. The Bertz CT molecular complexity index is 194. The van der Waals surface area contributed by atoms with Crippen LogP contribution in [0.5, 0.6) is 0 Å². The number of rotatable bonds is 11. The second kappa shape index (κ2) is 10.6. The van der Waals surface area contributed by atoms with E-state index < -0.39 is 0 Å². The van der Waals surface area contributed by atoms with Crippen molar-refractivity contribution in [2.45, 2.75) is 64.8 Å². The minimum absolute atomic E-state index is 0.269. The summed E-state index contributed by atoms with van der Waals surface area (Å²) in [6.07, 6.45) is 9.74. The predicted octanol–water partition coefficient (Wildman–Crippen LogP) is 3.83. The molecule has 0 aromatic heterocycles. The Kier molecular flexibility index (Phi) is 10.4. The first kappa shape index (κ1) is 17.7. The van der Waals surface area contributed by atoms with Gasteiger partial charge in [0.25, 0.3) is 0 Å². The average molecular weight is 254 g/mol. The van der Waals surface area contributed by atoms with Gasteiger partial charge in [-0.05, 0) is 73.1 Å². The molecular weight excluding hydrogens is 220 g/mol. The van der Waals surface area contributed by atoms with Gasteiger partial charge in [-0.25, -0.2) is 0 Å². The summed E-state index contributed by atoms with van der Waals surface area (Å²) in [5.74, 6) is 0. The lowest BCUT2D eigenvalue weighted by Gasteiger charge is -2.20. The van der Waals surface area contributed by atoms with Gasteiger partial charge in [-0.2, -0.15) is 0 Å². The SMILES string of the molecule is C=CCCCN(C)CCCCCCNC(C)(C)C. The Morgan fingerprint density at radius 3 is 2.22 bits per heavy atom.